The number of benzene rings is 1. The summed E-state index contributed by atoms with van der Waals surface area (Å²) in [7, 11) is -3.60. The summed E-state index contributed by atoms with van der Waals surface area (Å²) < 4.78 is 24.8. The van der Waals surface area contributed by atoms with Gasteiger partial charge in [0.1, 0.15) is 0 Å². The fourth-order valence-corrected chi connectivity index (χ4v) is 7.49. The van der Waals surface area contributed by atoms with Gasteiger partial charge in [0.2, 0.25) is 0 Å². The first-order valence-corrected chi connectivity index (χ1v) is 15.6. The van der Waals surface area contributed by atoms with E-state index >= 15 is 0 Å². The van der Waals surface area contributed by atoms with Crippen LogP contribution in [0.1, 0.15) is 90.7 Å². The van der Waals surface area contributed by atoms with E-state index in [4.69, 9.17) is 23.3 Å². The zero-order valence-electron chi connectivity index (χ0n) is 24.5. The third-order valence-electron chi connectivity index (χ3n) is 6.34. The predicted octanol–water partition coefficient (Wildman–Crippen LogP) is 6.46. The molecule has 1 aliphatic rings. The number of hydrogen-bond donors (Lipinski definition) is 0. The zero-order valence-corrected chi connectivity index (χ0v) is 25.5. The summed E-state index contributed by atoms with van der Waals surface area (Å²) in [5, 5.41) is 9.02. The van der Waals surface area contributed by atoms with Gasteiger partial charge in [0.15, 0.2) is 17.3 Å². The van der Waals surface area contributed by atoms with Crippen molar-refractivity contribution in [1.82, 2.24) is 0 Å². The van der Waals surface area contributed by atoms with Crippen molar-refractivity contribution in [3.63, 3.8) is 0 Å². The van der Waals surface area contributed by atoms with E-state index in [9.17, 15) is 14.4 Å². The SMILES string of the molecule is CC(=O)C=C(C)O[Si](CCCOC1CCC(c2ccc(C#N)cc2)CC1)(OC(C)=CC(C)=O)OC(C)=CC(C)=O. The molecule has 2 rings (SSSR count). The third kappa shape index (κ3) is 11.7. The molecule has 0 atom stereocenters. The van der Waals surface area contributed by atoms with Gasteiger partial charge in [0.05, 0.1) is 41.1 Å². The van der Waals surface area contributed by atoms with E-state index in [0.29, 0.717) is 47.8 Å². The molecule has 216 valence electrons. The molecule has 1 fully saturated rings. The Labute approximate surface area is 239 Å². The lowest BCUT2D eigenvalue weighted by atomic mass is 9.82. The normalized spacial score (nSPS) is 19.7. The van der Waals surface area contributed by atoms with Crippen molar-refractivity contribution in [3.8, 4) is 6.07 Å². The summed E-state index contributed by atoms with van der Waals surface area (Å²) in [6.45, 7) is 9.65. The third-order valence-corrected chi connectivity index (χ3v) is 9.20. The van der Waals surface area contributed by atoms with Gasteiger partial charge in [0.25, 0.3) is 0 Å². The van der Waals surface area contributed by atoms with Crippen LogP contribution in [0.2, 0.25) is 6.04 Å². The number of rotatable bonds is 15. The molecule has 0 N–H and O–H groups in total. The monoisotopic (exact) mass is 567 g/mol. The van der Waals surface area contributed by atoms with Crippen LogP contribution in [-0.4, -0.2) is 38.9 Å². The Morgan fingerprint density at radius 3 is 1.65 bits per heavy atom. The van der Waals surface area contributed by atoms with E-state index in [2.05, 4.69) is 6.07 Å². The van der Waals surface area contributed by atoms with Crippen LogP contribution in [0.25, 0.3) is 0 Å². The topological polar surface area (TPSA) is 112 Å². The standard InChI is InChI=1S/C31H41NO7Si/c1-22(33)18-25(4)37-40(38-26(5)19-23(2)34,39-27(6)20-24(3)35)17-7-16-36-31-14-12-30(13-15-31)29-10-8-28(21-32)9-11-29/h8-11,18-20,30-31H,7,12-17H2,1-6H3. The minimum absolute atomic E-state index is 0.145. The lowest BCUT2D eigenvalue weighted by molar-refractivity contribution is -0.113. The second kappa shape index (κ2) is 15.9. The summed E-state index contributed by atoms with van der Waals surface area (Å²) >= 11 is 0. The molecule has 0 spiro atoms. The first-order valence-electron chi connectivity index (χ1n) is 13.7. The molecule has 0 amide bonds. The Bertz CT molecular complexity index is 1090. The van der Waals surface area contributed by atoms with Crippen LogP contribution >= 0.6 is 0 Å². The van der Waals surface area contributed by atoms with Crippen molar-refractivity contribution in [2.24, 2.45) is 0 Å². The van der Waals surface area contributed by atoms with Crippen molar-refractivity contribution in [3.05, 3.63) is 70.9 Å². The minimum atomic E-state index is -3.60. The van der Waals surface area contributed by atoms with Gasteiger partial charge < -0.3 is 18.0 Å². The molecule has 1 aliphatic carbocycles. The minimum Gasteiger partial charge on any atom is -0.487 e. The smallest absolute Gasteiger partial charge is 0.487 e. The van der Waals surface area contributed by atoms with Crippen molar-refractivity contribution in [2.45, 2.75) is 91.7 Å². The van der Waals surface area contributed by atoms with Gasteiger partial charge in [0, 0.05) is 24.8 Å². The Morgan fingerprint density at radius 1 is 0.800 bits per heavy atom. The number of carbonyl (C=O) groups excluding carboxylic acids is 3. The highest BCUT2D eigenvalue weighted by atomic mass is 28.4. The van der Waals surface area contributed by atoms with Crippen LogP contribution in [0, 0.1) is 11.3 Å². The maximum absolute atomic E-state index is 11.7. The average Bonchev–Trinajstić information content (AvgIpc) is 2.85. The lowest BCUT2D eigenvalue weighted by Crippen LogP contribution is -2.45. The Morgan fingerprint density at radius 2 is 1.25 bits per heavy atom. The molecule has 0 heterocycles. The van der Waals surface area contributed by atoms with Gasteiger partial charge in [-0.05, 0) is 97.3 Å². The molecule has 0 radical (unpaired) electrons. The van der Waals surface area contributed by atoms with E-state index in [1.807, 2.05) is 24.3 Å². The molecule has 8 nitrogen and oxygen atoms in total. The molecule has 0 saturated heterocycles. The van der Waals surface area contributed by atoms with Gasteiger partial charge >= 0.3 is 8.80 Å². The summed E-state index contributed by atoms with van der Waals surface area (Å²) in [5.74, 6) is 0.880. The molecular weight excluding hydrogens is 526 g/mol. The highest BCUT2D eigenvalue weighted by Crippen LogP contribution is 2.34. The number of carbonyl (C=O) groups is 3. The van der Waals surface area contributed by atoms with Gasteiger partial charge in [-0.2, -0.15) is 5.26 Å². The molecule has 0 bridgehead atoms. The molecule has 0 unspecified atom stereocenters. The van der Waals surface area contributed by atoms with Crippen LogP contribution < -0.4 is 0 Å². The van der Waals surface area contributed by atoms with Crippen molar-refractivity contribution >= 4 is 26.2 Å². The number of ether oxygens (including phenoxy) is 1. The van der Waals surface area contributed by atoms with E-state index in [-0.39, 0.29) is 23.5 Å². The van der Waals surface area contributed by atoms with E-state index in [0.717, 1.165) is 25.7 Å². The largest absolute Gasteiger partial charge is 0.698 e. The van der Waals surface area contributed by atoms with Crippen LogP contribution in [-0.2, 0) is 32.4 Å². The second-order valence-electron chi connectivity index (χ2n) is 10.3. The number of hydrogen-bond acceptors (Lipinski definition) is 8. The van der Waals surface area contributed by atoms with Crippen LogP contribution in [0.5, 0.6) is 0 Å². The molecule has 40 heavy (non-hydrogen) atoms. The quantitative estimate of drug-likeness (QED) is 0.103. The molecule has 1 saturated carbocycles. The van der Waals surface area contributed by atoms with Crippen molar-refractivity contribution in [1.29, 1.82) is 5.26 Å². The molecule has 0 aliphatic heterocycles. The van der Waals surface area contributed by atoms with Crippen molar-refractivity contribution in [2.75, 3.05) is 6.61 Å². The summed E-state index contributed by atoms with van der Waals surface area (Å²) in [6.07, 6.45) is 8.67. The lowest BCUT2D eigenvalue weighted by Gasteiger charge is -2.32. The van der Waals surface area contributed by atoms with Gasteiger partial charge in [-0.3, -0.25) is 14.4 Å². The number of ketones is 3. The van der Waals surface area contributed by atoms with E-state index < -0.39 is 8.80 Å². The van der Waals surface area contributed by atoms with Crippen LogP contribution in [0.3, 0.4) is 0 Å². The number of allylic oxidation sites excluding steroid dienone is 6. The number of nitriles is 1. The fourth-order valence-electron chi connectivity index (χ4n) is 4.83. The molecule has 1 aromatic rings. The fraction of sp³-hybridized carbons (Fsp3) is 0.484. The molecular formula is C31H41NO7Si. The Balaban J connectivity index is 2.09. The van der Waals surface area contributed by atoms with E-state index in [1.165, 1.54) is 44.6 Å². The maximum atomic E-state index is 11.7. The highest BCUT2D eigenvalue weighted by Gasteiger charge is 2.49. The van der Waals surface area contributed by atoms with Crippen LogP contribution in [0.4, 0.5) is 0 Å². The summed E-state index contributed by atoms with van der Waals surface area (Å²) in [4.78, 5) is 35.1. The molecule has 1 aromatic carbocycles. The van der Waals surface area contributed by atoms with Gasteiger partial charge in [-0.1, -0.05) is 12.1 Å². The maximum Gasteiger partial charge on any atom is 0.698 e. The molecule has 9 heteroatoms. The predicted molar refractivity (Wildman–Crippen MR) is 154 cm³/mol. The Kier molecular flexibility index (Phi) is 13.0. The van der Waals surface area contributed by atoms with Gasteiger partial charge in [-0.15, -0.1) is 0 Å². The zero-order chi connectivity index (χ0) is 29.7. The summed E-state index contributed by atoms with van der Waals surface area (Å²) in [6, 6.07) is 10.3. The summed E-state index contributed by atoms with van der Waals surface area (Å²) in [5.41, 5.74) is 1.93. The van der Waals surface area contributed by atoms with Gasteiger partial charge in [-0.25, -0.2) is 0 Å². The van der Waals surface area contributed by atoms with Crippen LogP contribution in [0.15, 0.2) is 59.8 Å². The first-order chi connectivity index (χ1) is 18.9. The average molecular weight is 568 g/mol. The Hall–Kier alpha value is -3.48. The second-order valence-corrected chi connectivity index (χ2v) is 12.7. The molecule has 0 aromatic heterocycles. The first kappa shape index (κ1) is 32.7. The van der Waals surface area contributed by atoms with Crippen molar-refractivity contribution < 1.29 is 32.4 Å². The number of nitrogens with zero attached hydrogens (tertiary/aromatic N) is 1. The highest BCUT2D eigenvalue weighted by molar-refractivity contribution is 6.61. The van der Waals surface area contributed by atoms with E-state index in [1.54, 1.807) is 20.8 Å².